The van der Waals surface area contributed by atoms with E-state index in [4.69, 9.17) is 11.6 Å². The highest BCUT2D eigenvalue weighted by Gasteiger charge is 2.22. The van der Waals surface area contributed by atoms with Gasteiger partial charge in [-0.2, -0.15) is 0 Å². The second-order valence-electron chi connectivity index (χ2n) is 6.29. The molecule has 6 nitrogen and oxygen atoms in total. The van der Waals surface area contributed by atoms with Gasteiger partial charge in [0.2, 0.25) is 0 Å². The third-order valence-corrected chi connectivity index (χ3v) is 5.60. The Bertz CT molecular complexity index is 1190. The molecule has 0 saturated carbocycles. The number of fused-ring (bicyclic) bond motifs is 1. The van der Waals surface area contributed by atoms with E-state index < -0.39 is 4.92 Å². The molecule has 0 N–H and O–H groups in total. The van der Waals surface area contributed by atoms with Gasteiger partial charge in [0.1, 0.15) is 0 Å². The number of halogens is 1. The number of anilines is 1. The molecule has 0 aliphatic heterocycles. The first-order valence-corrected chi connectivity index (χ1v) is 9.87. The number of nitro groups is 1. The number of hydrogen-bond donors (Lipinski definition) is 0. The minimum absolute atomic E-state index is 0.0641. The summed E-state index contributed by atoms with van der Waals surface area (Å²) in [6.45, 7) is 0.324. The molecule has 1 amide bonds. The van der Waals surface area contributed by atoms with E-state index in [1.54, 1.807) is 11.0 Å². The Hall–Kier alpha value is -3.29. The van der Waals surface area contributed by atoms with Gasteiger partial charge in [-0.1, -0.05) is 53.3 Å². The second-order valence-corrected chi connectivity index (χ2v) is 7.73. The lowest BCUT2D eigenvalue weighted by molar-refractivity contribution is -0.384. The number of benzene rings is 3. The summed E-state index contributed by atoms with van der Waals surface area (Å²) in [5.41, 5.74) is 1.98. The van der Waals surface area contributed by atoms with Crippen molar-refractivity contribution < 1.29 is 9.72 Å². The number of nitro benzene ring substituents is 1. The molecule has 8 heteroatoms. The van der Waals surface area contributed by atoms with Crippen molar-refractivity contribution in [3.8, 4) is 0 Å². The third kappa shape index (κ3) is 4.11. The SMILES string of the molecule is O=C(c1ccc([N+](=O)[O-])cc1)N(Cc1ccccc1)c1nc2ccc(Cl)cc2s1. The summed E-state index contributed by atoms with van der Waals surface area (Å²) in [7, 11) is 0. The van der Waals surface area contributed by atoms with Gasteiger partial charge in [0.05, 0.1) is 21.7 Å². The number of amides is 1. The van der Waals surface area contributed by atoms with Gasteiger partial charge >= 0.3 is 0 Å². The van der Waals surface area contributed by atoms with Crippen LogP contribution in [-0.4, -0.2) is 15.8 Å². The molecule has 0 saturated heterocycles. The number of rotatable bonds is 5. The maximum Gasteiger partial charge on any atom is 0.269 e. The molecule has 1 heterocycles. The first-order valence-electron chi connectivity index (χ1n) is 8.67. The summed E-state index contributed by atoms with van der Waals surface area (Å²) in [4.78, 5) is 29.9. The first-order chi connectivity index (χ1) is 14.0. The van der Waals surface area contributed by atoms with Crippen LogP contribution >= 0.6 is 22.9 Å². The molecule has 29 heavy (non-hydrogen) atoms. The Labute approximate surface area is 175 Å². The number of non-ortho nitro benzene ring substituents is 1. The van der Waals surface area contributed by atoms with Gasteiger partial charge in [-0.15, -0.1) is 0 Å². The number of carbonyl (C=O) groups is 1. The van der Waals surface area contributed by atoms with Crippen LogP contribution in [0, 0.1) is 10.1 Å². The highest BCUT2D eigenvalue weighted by atomic mass is 35.5. The number of nitrogens with zero attached hydrogens (tertiary/aromatic N) is 3. The monoisotopic (exact) mass is 423 g/mol. The van der Waals surface area contributed by atoms with E-state index in [0.717, 1.165) is 15.8 Å². The van der Waals surface area contributed by atoms with Gasteiger partial charge in [-0.25, -0.2) is 4.98 Å². The van der Waals surface area contributed by atoms with E-state index in [1.165, 1.54) is 35.6 Å². The van der Waals surface area contributed by atoms with Gasteiger partial charge in [-0.05, 0) is 35.9 Å². The molecule has 0 unspecified atom stereocenters. The van der Waals surface area contributed by atoms with Gasteiger partial charge < -0.3 is 0 Å². The Morgan fingerprint density at radius 1 is 1.07 bits per heavy atom. The zero-order valence-corrected chi connectivity index (χ0v) is 16.6. The molecule has 4 rings (SSSR count). The van der Waals surface area contributed by atoms with E-state index in [1.807, 2.05) is 42.5 Å². The predicted octanol–water partition coefficient (Wildman–Crippen LogP) is 5.70. The van der Waals surface area contributed by atoms with E-state index in [9.17, 15) is 14.9 Å². The number of hydrogen-bond acceptors (Lipinski definition) is 5. The van der Waals surface area contributed by atoms with Crippen molar-refractivity contribution in [1.82, 2.24) is 4.98 Å². The summed E-state index contributed by atoms with van der Waals surface area (Å²) in [5, 5.41) is 12.0. The molecule has 0 radical (unpaired) electrons. The molecule has 0 aliphatic carbocycles. The highest BCUT2D eigenvalue weighted by molar-refractivity contribution is 7.22. The molecular weight excluding hydrogens is 410 g/mol. The van der Waals surface area contributed by atoms with E-state index in [-0.39, 0.29) is 11.6 Å². The van der Waals surface area contributed by atoms with E-state index >= 15 is 0 Å². The lowest BCUT2D eigenvalue weighted by Gasteiger charge is -2.20. The lowest BCUT2D eigenvalue weighted by atomic mass is 10.1. The molecule has 0 fully saturated rings. The molecule has 0 atom stereocenters. The molecule has 1 aromatic heterocycles. The summed E-state index contributed by atoms with van der Waals surface area (Å²) >= 11 is 7.45. The van der Waals surface area contributed by atoms with Crippen molar-refractivity contribution >= 4 is 49.9 Å². The molecule has 4 aromatic rings. The maximum absolute atomic E-state index is 13.3. The zero-order valence-electron chi connectivity index (χ0n) is 15.0. The first kappa shape index (κ1) is 19.0. The van der Waals surface area contributed by atoms with Crippen LogP contribution in [0.5, 0.6) is 0 Å². The Morgan fingerprint density at radius 3 is 2.48 bits per heavy atom. The van der Waals surface area contributed by atoms with E-state index in [0.29, 0.717) is 22.3 Å². The topological polar surface area (TPSA) is 76.3 Å². The standard InChI is InChI=1S/C21H14ClN3O3S/c22-16-8-11-18-19(12-16)29-21(23-18)24(13-14-4-2-1-3-5-14)20(26)15-6-9-17(10-7-15)25(27)28/h1-12H,13H2. The number of aromatic nitrogens is 1. The van der Waals surface area contributed by atoms with Crippen LogP contribution in [0.3, 0.4) is 0 Å². The quantitative estimate of drug-likeness (QED) is 0.304. The zero-order chi connectivity index (χ0) is 20.4. The molecule has 0 spiro atoms. The van der Waals surface area contributed by atoms with Crippen LogP contribution in [0.4, 0.5) is 10.8 Å². The average molecular weight is 424 g/mol. The summed E-state index contributed by atoms with van der Waals surface area (Å²) in [5.74, 6) is -0.283. The summed E-state index contributed by atoms with van der Waals surface area (Å²) in [6.07, 6.45) is 0. The van der Waals surface area contributed by atoms with Crippen LogP contribution in [-0.2, 0) is 6.54 Å². The van der Waals surface area contributed by atoms with E-state index in [2.05, 4.69) is 4.98 Å². The molecule has 0 aliphatic rings. The van der Waals surface area contributed by atoms with Gasteiger partial charge in [-0.3, -0.25) is 19.8 Å². The lowest BCUT2D eigenvalue weighted by Crippen LogP contribution is -2.30. The summed E-state index contributed by atoms with van der Waals surface area (Å²) < 4.78 is 0.877. The predicted molar refractivity (Wildman–Crippen MR) is 115 cm³/mol. The molecule has 144 valence electrons. The fourth-order valence-electron chi connectivity index (χ4n) is 2.88. The second kappa shape index (κ2) is 7.98. The Kier molecular flexibility index (Phi) is 5.24. The van der Waals surface area contributed by atoms with Crippen LogP contribution < -0.4 is 4.90 Å². The van der Waals surface area contributed by atoms with Gasteiger partial charge in [0, 0.05) is 22.7 Å². The van der Waals surface area contributed by atoms with Crippen molar-refractivity contribution in [2.45, 2.75) is 6.54 Å². The van der Waals surface area contributed by atoms with Gasteiger partial charge in [0.25, 0.3) is 11.6 Å². The minimum Gasteiger partial charge on any atom is -0.279 e. The fraction of sp³-hybridized carbons (Fsp3) is 0.0476. The molecular formula is C21H14ClN3O3S. The largest absolute Gasteiger partial charge is 0.279 e. The van der Waals surface area contributed by atoms with Crippen molar-refractivity contribution in [2.24, 2.45) is 0 Å². The van der Waals surface area contributed by atoms with Crippen molar-refractivity contribution in [1.29, 1.82) is 0 Å². The minimum atomic E-state index is -0.493. The van der Waals surface area contributed by atoms with Crippen LogP contribution in [0.15, 0.2) is 72.8 Å². The third-order valence-electron chi connectivity index (χ3n) is 4.32. The van der Waals surface area contributed by atoms with Crippen molar-refractivity contribution in [2.75, 3.05) is 4.90 Å². The normalized spacial score (nSPS) is 10.8. The Morgan fingerprint density at radius 2 is 1.79 bits per heavy atom. The van der Waals surface area contributed by atoms with Gasteiger partial charge in [0.15, 0.2) is 5.13 Å². The smallest absolute Gasteiger partial charge is 0.269 e. The fourth-order valence-corrected chi connectivity index (χ4v) is 4.11. The van der Waals surface area contributed by atoms with Crippen molar-refractivity contribution in [3.63, 3.8) is 0 Å². The number of carbonyl (C=O) groups excluding carboxylic acids is 1. The van der Waals surface area contributed by atoms with Crippen LogP contribution in [0.2, 0.25) is 5.02 Å². The molecule has 3 aromatic carbocycles. The van der Waals surface area contributed by atoms with Crippen LogP contribution in [0.25, 0.3) is 10.2 Å². The Balaban J connectivity index is 1.74. The van der Waals surface area contributed by atoms with Crippen molar-refractivity contribution in [3.05, 3.63) is 99.1 Å². The average Bonchev–Trinajstić information content (AvgIpc) is 3.15. The molecule has 0 bridgehead atoms. The maximum atomic E-state index is 13.3. The highest BCUT2D eigenvalue weighted by Crippen LogP contribution is 2.32. The van der Waals surface area contributed by atoms with Crippen LogP contribution in [0.1, 0.15) is 15.9 Å². The summed E-state index contributed by atoms with van der Waals surface area (Å²) in [6, 6.07) is 20.5. The number of thiazole rings is 1.